The van der Waals surface area contributed by atoms with E-state index >= 15 is 0 Å². The Morgan fingerprint density at radius 2 is 1.58 bits per heavy atom. The first-order valence-electron chi connectivity index (χ1n) is 11.9. The van der Waals surface area contributed by atoms with E-state index in [0.717, 1.165) is 17.1 Å². The van der Waals surface area contributed by atoms with Crippen molar-refractivity contribution in [3.63, 3.8) is 0 Å². The summed E-state index contributed by atoms with van der Waals surface area (Å²) in [5, 5.41) is 2.81. The number of benzene rings is 3. The third kappa shape index (κ3) is 6.27. The fourth-order valence-electron chi connectivity index (χ4n) is 3.75. The summed E-state index contributed by atoms with van der Waals surface area (Å²) >= 11 is 0. The molecular formula is C28H30N2O6. The lowest BCUT2D eigenvalue weighted by Crippen LogP contribution is -2.46. The van der Waals surface area contributed by atoms with Crippen LogP contribution < -0.4 is 29.2 Å². The molecule has 0 fully saturated rings. The Hall–Kier alpha value is -4.20. The number of hydrogen-bond acceptors (Lipinski definition) is 6. The maximum atomic E-state index is 12.9. The van der Waals surface area contributed by atoms with Gasteiger partial charge in [-0.15, -0.1) is 0 Å². The van der Waals surface area contributed by atoms with Crippen LogP contribution >= 0.6 is 0 Å². The predicted molar refractivity (Wildman–Crippen MR) is 137 cm³/mol. The number of nitrogens with one attached hydrogen (secondary N) is 1. The van der Waals surface area contributed by atoms with E-state index < -0.39 is 6.10 Å². The number of ether oxygens (including phenoxy) is 4. The van der Waals surface area contributed by atoms with Gasteiger partial charge in [0.25, 0.3) is 11.8 Å². The molecule has 188 valence electrons. The first kappa shape index (κ1) is 24.9. The summed E-state index contributed by atoms with van der Waals surface area (Å²) in [6, 6.07) is 20.0. The lowest BCUT2D eigenvalue weighted by Gasteiger charge is -2.33. The van der Waals surface area contributed by atoms with Gasteiger partial charge < -0.3 is 29.2 Å². The average Bonchev–Trinajstić information content (AvgIpc) is 2.87. The number of amides is 2. The first-order valence-corrected chi connectivity index (χ1v) is 11.9. The van der Waals surface area contributed by atoms with Crippen LogP contribution in [0.2, 0.25) is 0 Å². The molecule has 1 N–H and O–H groups in total. The number of anilines is 2. The number of rotatable bonds is 10. The molecule has 8 heteroatoms. The number of hydrogen-bond donors (Lipinski definition) is 1. The van der Waals surface area contributed by atoms with Crippen molar-refractivity contribution >= 4 is 23.2 Å². The fraction of sp³-hybridized carbons (Fsp3) is 0.286. The van der Waals surface area contributed by atoms with Crippen molar-refractivity contribution in [2.24, 2.45) is 0 Å². The Labute approximate surface area is 210 Å². The highest BCUT2D eigenvalue weighted by atomic mass is 16.5. The van der Waals surface area contributed by atoms with Gasteiger partial charge in [0.1, 0.15) is 29.6 Å². The topological polar surface area (TPSA) is 86.3 Å². The Morgan fingerprint density at radius 3 is 2.28 bits per heavy atom. The minimum Gasteiger partial charge on any atom is -0.494 e. The van der Waals surface area contributed by atoms with Crippen LogP contribution in [0.25, 0.3) is 0 Å². The van der Waals surface area contributed by atoms with E-state index in [0.29, 0.717) is 42.6 Å². The second-order valence-electron chi connectivity index (χ2n) is 8.34. The molecule has 1 unspecified atom stereocenters. The highest BCUT2D eigenvalue weighted by molar-refractivity contribution is 6.01. The number of nitrogens with zero attached hydrogens (tertiary/aromatic N) is 1. The molecular weight excluding hydrogens is 460 g/mol. The smallest absolute Gasteiger partial charge is 0.267 e. The molecule has 8 nitrogen and oxygen atoms in total. The third-order valence-corrected chi connectivity index (χ3v) is 5.56. The van der Waals surface area contributed by atoms with Gasteiger partial charge in [-0.25, -0.2) is 0 Å². The summed E-state index contributed by atoms with van der Waals surface area (Å²) in [5.41, 5.74) is 2.26. The van der Waals surface area contributed by atoms with Gasteiger partial charge in [-0.1, -0.05) is 17.7 Å². The predicted octanol–water partition coefficient (Wildman–Crippen LogP) is 4.60. The summed E-state index contributed by atoms with van der Waals surface area (Å²) < 4.78 is 22.6. The van der Waals surface area contributed by atoms with E-state index in [-0.39, 0.29) is 18.4 Å². The Balaban J connectivity index is 1.38. The fourth-order valence-corrected chi connectivity index (χ4v) is 3.75. The van der Waals surface area contributed by atoms with Gasteiger partial charge in [-0.3, -0.25) is 9.59 Å². The number of carbonyl (C=O) groups excluding carboxylic acids is 2. The van der Waals surface area contributed by atoms with Crippen LogP contribution in [0.4, 0.5) is 11.4 Å². The molecule has 0 bridgehead atoms. The van der Waals surface area contributed by atoms with E-state index in [1.54, 1.807) is 54.3 Å². The van der Waals surface area contributed by atoms with E-state index in [9.17, 15) is 9.59 Å². The van der Waals surface area contributed by atoms with Crippen LogP contribution in [0, 0.1) is 6.92 Å². The zero-order valence-corrected chi connectivity index (χ0v) is 20.7. The van der Waals surface area contributed by atoms with Crippen molar-refractivity contribution in [1.29, 1.82) is 0 Å². The highest BCUT2D eigenvalue weighted by Gasteiger charge is 2.31. The molecule has 3 aromatic rings. The van der Waals surface area contributed by atoms with Crippen LogP contribution in [-0.2, 0) is 9.59 Å². The molecule has 0 radical (unpaired) electrons. The highest BCUT2D eigenvalue weighted by Crippen LogP contribution is 2.36. The molecule has 0 spiro atoms. The van der Waals surface area contributed by atoms with Crippen LogP contribution in [0.5, 0.6) is 23.0 Å². The van der Waals surface area contributed by atoms with Crippen LogP contribution in [-0.4, -0.2) is 44.3 Å². The number of carbonyl (C=O) groups is 2. The quantitative estimate of drug-likeness (QED) is 0.447. The van der Waals surface area contributed by atoms with Crippen molar-refractivity contribution in [3.05, 3.63) is 72.3 Å². The Kier molecular flexibility index (Phi) is 7.95. The number of aryl methyl sites for hydroxylation is 1. The van der Waals surface area contributed by atoms with Crippen molar-refractivity contribution in [2.45, 2.75) is 26.9 Å². The second kappa shape index (κ2) is 11.5. The minimum absolute atomic E-state index is 0.161. The van der Waals surface area contributed by atoms with Crippen molar-refractivity contribution < 1.29 is 28.5 Å². The van der Waals surface area contributed by atoms with Crippen LogP contribution in [0.1, 0.15) is 19.4 Å². The molecule has 4 rings (SSSR count). The first-order chi connectivity index (χ1) is 17.4. The summed E-state index contributed by atoms with van der Waals surface area (Å²) in [6.45, 7) is 6.71. The van der Waals surface area contributed by atoms with Gasteiger partial charge in [0.2, 0.25) is 0 Å². The van der Waals surface area contributed by atoms with E-state index in [1.807, 2.05) is 38.1 Å². The molecule has 1 heterocycles. The Bertz CT molecular complexity index is 1190. The van der Waals surface area contributed by atoms with E-state index in [2.05, 4.69) is 5.32 Å². The minimum atomic E-state index is -0.611. The van der Waals surface area contributed by atoms with Crippen molar-refractivity contribution in [2.75, 3.05) is 36.6 Å². The van der Waals surface area contributed by atoms with Gasteiger partial charge in [0, 0.05) is 5.69 Å². The lowest BCUT2D eigenvalue weighted by atomic mass is 10.1. The van der Waals surface area contributed by atoms with Gasteiger partial charge in [-0.2, -0.15) is 0 Å². The number of fused-ring (bicyclic) bond motifs is 1. The molecule has 1 atom stereocenters. The van der Waals surface area contributed by atoms with Gasteiger partial charge in [0.05, 0.1) is 18.8 Å². The molecule has 0 saturated carbocycles. The zero-order valence-electron chi connectivity index (χ0n) is 20.7. The monoisotopic (exact) mass is 490 g/mol. The third-order valence-electron chi connectivity index (χ3n) is 5.56. The van der Waals surface area contributed by atoms with E-state index in [1.165, 1.54) is 0 Å². The molecule has 1 aliphatic rings. The summed E-state index contributed by atoms with van der Waals surface area (Å²) in [7, 11) is 0. The van der Waals surface area contributed by atoms with Crippen LogP contribution in [0.15, 0.2) is 66.7 Å². The summed E-state index contributed by atoms with van der Waals surface area (Å²) in [6.07, 6.45) is -0.611. The summed E-state index contributed by atoms with van der Waals surface area (Å²) in [5.74, 6) is 2.12. The summed E-state index contributed by atoms with van der Waals surface area (Å²) in [4.78, 5) is 27.0. The van der Waals surface area contributed by atoms with Gasteiger partial charge >= 0.3 is 0 Å². The van der Waals surface area contributed by atoms with Crippen molar-refractivity contribution in [1.82, 2.24) is 0 Å². The lowest BCUT2D eigenvalue weighted by molar-refractivity contribution is -0.125. The Morgan fingerprint density at radius 1 is 0.944 bits per heavy atom. The normalized spacial score (nSPS) is 14.5. The molecule has 3 aromatic carbocycles. The molecule has 0 aromatic heterocycles. The van der Waals surface area contributed by atoms with Gasteiger partial charge in [-0.05, 0) is 75.4 Å². The SMILES string of the molecule is CCOc1ccc(OCC(=O)Nc2ccc3c(c2)N(CCOc2ccc(C)cc2)C(=O)C(C)O3)cc1. The standard InChI is InChI=1S/C28H30N2O6/c1-4-33-22-10-12-24(13-11-22)35-18-27(31)29-21-7-14-26-25(17-21)30(28(32)20(3)36-26)15-16-34-23-8-5-19(2)6-9-23/h5-14,17,20H,4,15-16,18H2,1-3H3,(H,29,31). The molecule has 0 saturated heterocycles. The molecule has 1 aliphatic heterocycles. The zero-order chi connectivity index (χ0) is 25.5. The maximum absolute atomic E-state index is 12.9. The molecule has 36 heavy (non-hydrogen) atoms. The maximum Gasteiger partial charge on any atom is 0.267 e. The van der Waals surface area contributed by atoms with E-state index in [4.69, 9.17) is 18.9 Å². The molecule has 0 aliphatic carbocycles. The largest absolute Gasteiger partial charge is 0.494 e. The average molecular weight is 491 g/mol. The van der Waals surface area contributed by atoms with Gasteiger partial charge in [0.15, 0.2) is 12.7 Å². The molecule has 2 amide bonds. The van der Waals surface area contributed by atoms with Crippen molar-refractivity contribution in [3.8, 4) is 23.0 Å². The second-order valence-corrected chi connectivity index (χ2v) is 8.34. The van der Waals surface area contributed by atoms with Crippen LogP contribution in [0.3, 0.4) is 0 Å².